The summed E-state index contributed by atoms with van der Waals surface area (Å²) in [4.78, 5) is 26.3. The zero-order valence-electron chi connectivity index (χ0n) is 14.1. The van der Waals surface area contributed by atoms with Crippen LogP contribution in [0.3, 0.4) is 0 Å². The van der Waals surface area contributed by atoms with E-state index in [-0.39, 0.29) is 11.8 Å². The van der Waals surface area contributed by atoms with Crippen LogP contribution in [0.5, 0.6) is 0 Å². The van der Waals surface area contributed by atoms with Gasteiger partial charge in [0.05, 0.1) is 12.0 Å². The highest BCUT2D eigenvalue weighted by molar-refractivity contribution is 5.81. The minimum absolute atomic E-state index is 0.0531. The van der Waals surface area contributed by atoms with Crippen LogP contribution in [0.25, 0.3) is 0 Å². The molecule has 3 atom stereocenters. The molecule has 0 aromatic carbocycles. The van der Waals surface area contributed by atoms with Crippen LogP contribution in [-0.2, 0) is 14.3 Å². The van der Waals surface area contributed by atoms with Gasteiger partial charge in [0.2, 0.25) is 5.91 Å². The van der Waals surface area contributed by atoms with Gasteiger partial charge in [-0.1, -0.05) is 39.0 Å². The second kappa shape index (κ2) is 6.80. The Hall–Kier alpha value is -1.10. The Bertz CT molecular complexity index is 460. The van der Waals surface area contributed by atoms with Crippen LogP contribution in [-0.4, -0.2) is 48.2 Å². The molecule has 0 aromatic rings. The van der Waals surface area contributed by atoms with Crippen LogP contribution in [0.2, 0.25) is 0 Å². The number of carbonyl (C=O) groups is 2. The molecule has 2 heterocycles. The lowest BCUT2D eigenvalue weighted by Crippen LogP contribution is -2.45. The Morgan fingerprint density at radius 3 is 2.70 bits per heavy atom. The van der Waals surface area contributed by atoms with Crippen LogP contribution in [0.4, 0.5) is 0 Å². The zero-order chi connectivity index (χ0) is 16.4. The van der Waals surface area contributed by atoms with Gasteiger partial charge in [-0.25, -0.2) is 0 Å². The van der Waals surface area contributed by atoms with E-state index < -0.39 is 11.4 Å². The molecule has 1 amide bonds. The molecule has 3 fully saturated rings. The van der Waals surface area contributed by atoms with E-state index in [1.165, 1.54) is 32.1 Å². The maximum Gasteiger partial charge on any atom is 0.311 e. The zero-order valence-corrected chi connectivity index (χ0v) is 14.1. The lowest BCUT2D eigenvalue weighted by atomic mass is 9.74. The van der Waals surface area contributed by atoms with Crippen molar-refractivity contribution in [1.29, 1.82) is 0 Å². The molecule has 0 spiro atoms. The fraction of sp³-hybridized carbons (Fsp3) is 0.889. The van der Waals surface area contributed by atoms with E-state index in [1.54, 1.807) is 4.90 Å². The molecule has 1 N–H and O–H groups in total. The van der Waals surface area contributed by atoms with Crippen LogP contribution < -0.4 is 0 Å². The molecule has 130 valence electrons. The maximum atomic E-state index is 12.7. The largest absolute Gasteiger partial charge is 0.481 e. The van der Waals surface area contributed by atoms with Gasteiger partial charge < -0.3 is 14.7 Å². The molecule has 2 aliphatic heterocycles. The van der Waals surface area contributed by atoms with Crippen LogP contribution in [0.1, 0.15) is 51.9 Å². The van der Waals surface area contributed by atoms with Crippen LogP contribution in [0.15, 0.2) is 0 Å². The lowest BCUT2D eigenvalue weighted by molar-refractivity contribution is -0.157. The Labute approximate surface area is 138 Å². The van der Waals surface area contributed by atoms with Crippen LogP contribution >= 0.6 is 0 Å². The van der Waals surface area contributed by atoms with Crippen molar-refractivity contribution in [3.8, 4) is 0 Å². The summed E-state index contributed by atoms with van der Waals surface area (Å²) in [5.74, 6) is 0.388. The Balaban J connectivity index is 1.61. The second-order valence-electron chi connectivity index (χ2n) is 7.84. The van der Waals surface area contributed by atoms with E-state index in [0.717, 1.165) is 0 Å². The van der Waals surface area contributed by atoms with Crippen LogP contribution in [0, 0.1) is 23.2 Å². The molecule has 1 aliphatic carbocycles. The van der Waals surface area contributed by atoms with Crippen molar-refractivity contribution < 1.29 is 19.4 Å². The van der Waals surface area contributed by atoms with Crippen molar-refractivity contribution in [1.82, 2.24) is 4.90 Å². The van der Waals surface area contributed by atoms with Crippen molar-refractivity contribution in [3.63, 3.8) is 0 Å². The average Bonchev–Trinajstić information content (AvgIpc) is 2.97. The van der Waals surface area contributed by atoms with Gasteiger partial charge in [0.1, 0.15) is 0 Å². The van der Waals surface area contributed by atoms with Gasteiger partial charge in [-0.2, -0.15) is 0 Å². The molecular weight excluding hydrogens is 294 g/mol. The van der Waals surface area contributed by atoms with Gasteiger partial charge in [0.15, 0.2) is 0 Å². The van der Waals surface area contributed by atoms with Crippen molar-refractivity contribution in [3.05, 3.63) is 0 Å². The van der Waals surface area contributed by atoms with Gasteiger partial charge >= 0.3 is 5.97 Å². The molecule has 3 rings (SSSR count). The second-order valence-corrected chi connectivity index (χ2v) is 7.84. The number of aliphatic carboxylic acids is 1. The molecule has 5 nitrogen and oxygen atoms in total. The monoisotopic (exact) mass is 323 g/mol. The highest BCUT2D eigenvalue weighted by atomic mass is 16.5. The normalized spacial score (nSPS) is 33.3. The first-order valence-electron chi connectivity index (χ1n) is 9.12. The number of rotatable bonds is 4. The summed E-state index contributed by atoms with van der Waals surface area (Å²) in [6.45, 7) is 4.06. The molecule has 2 saturated heterocycles. The fourth-order valence-corrected chi connectivity index (χ4v) is 4.76. The number of carbonyl (C=O) groups excluding carboxylic acids is 1. The lowest BCUT2D eigenvalue weighted by Gasteiger charge is -2.34. The number of carboxylic acid groups (broad SMARTS) is 1. The first kappa shape index (κ1) is 16.7. The number of amides is 1. The highest BCUT2D eigenvalue weighted by Gasteiger charge is 2.54. The Morgan fingerprint density at radius 1 is 1.30 bits per heavy atom. The number of hydrogen-bond acceptors (Lipinski definition) is 3. The maximum absolute atomic E-state index is 12.7. The summed E-state index contributed by atoms with van der Waals surface area (Å²) < 4.78 is 5.46. The Kier molecular flexibility index (Phi) is 4.95. The third kappa shape index (κ3) is 3.25. The summed E-state index contributed by atoms with van der Waals surface area (Å²) >= 11 is 0. The number of fused-ring (bicyclic) bond motifs is 1. The quantitative estimate of drug-likeness (QED) is 0.863. The van der Waals surface area contributed by atoms with Crippen molar-refractivity contribution in [2.75, 3.05) is 26.3 Å². The summed E-state index contributed by atoms with van der Waals surface area (Å²) in [6.07, 6.45) is 7.46. The first-order valence-corrected chi connectivity index (χ1v) is 9.12. The summed E-state index contributed by atoms with van der Waals surface area (Å²) in [5.41, 5.74) is -0.776. The van der Waals surface area contributed by atoms with E-state index in [4.69, 9.17) is 4.74 Å². The number of ether oxygens (including phenoxy) is 1. The molecule has 0 radical (unpaired) electrons. The van der Waals surface area contributed by atoms with E-state index in [2.05, 4.69) is 6.92 Å². The third-order valence-corrected chi connectivity index (χ3v) is 6.44. The van der Waals surface area contributed by atoms with Gasteiger partial charge in [0.25, 0.3) is 0 Å². The van der Waals surface area contributed by atoms with Gasteiger partial charge in [-0.15, -0.1) is 0 Å². The van der Waals surface area contributed by atoms with E-state index in [0.29, 0.717) is 51.0 Å². The number of likely N-dealkylation sites (tertiary alicyclic amines) is 1. The smallest absolute Gasteiger partial charge is 0.311 e. The average molecular weight is 323 g/mol. The summed E-state index contributed by atoms with van der Waals surface area (Å²) in [7, 11) is 0. The number of nitrogens with zero attached hydrogens (tertiary/aromatic N) is 1. The molecule has 3 aliphatic rings. The third-order valence-electron chi connectivity index (χ3n) is 6.44. The van der Waals surface area contributed by atoms with Gasteiger partial charge in [0, 0.05) is 32.0 Å². The highest BCUT2D eigenvalue weighted by Crippen LogP contribution is 2.43. The number of carboxylic acids is 1. The SMILES string of the molecule is CC(CC(=O)N1C[C@H]2COCC[C@@]2(C(=O)O)C1)C1CCCCC1. The first-order chi connectivity index (χ1) is 11.0. The minimum atomic E-state index is -0.776. The van der Waals surface area contributed by atoms with Crippen molar-refractivity contribution in [2.45, 2.75) is 51.9 Å². The topological polar surface area (TPSA) is 66.8 Å². The standard InChI is InChI=1S/C18H29NO4/c1-13(14-5-3-2-4-6-14)9-16(20)19-10-15-11-23-8-7-18(15,12-19)17(21)22/h13-15H,2-12H2,1H3,(H,21,22)/t13?,15-,18+/m0/s1. The molecule has 0 bridgehead atoms. The predicted molar refractivity (Wildman–Crippen MR) is 85.9 cm³/mol. The fourth-order valence-electron chi connectivity index (χ4n) is 4.76. The van der Waals surface area contributed by atoms with E-state index in [1.807, 2.05) is 0 Å². The van der Waals surface area contributed by atoms with Gasteiger partial charge in [-0.05, 0) is 18.3 Å². The van der Waals surface area contributed by atoms with Crippen molar-refractivity contribution in [2.24, 2.45) is 23.2 Å². The molecule has 0 aromatic heterocycles. The van der Waals surface area contributed by atoms with E-state index in [9.17, 15) is 14.7 Å². The minimum Gasteiger partial charge on any atom is -0.481 e. The van der Waals surface area contributed by atoms with Crippen molar-refractivity contribution >= 4 is 11.9 Å². The predicted octanol–water partition coefficient (Wildman–Crippen LogP) is 2.54. The van der Waals surface area contributed by atoms with E-state index >= 15 is 0 Å². The van der Waals surface area contributed by atoms with Gasteiger partial charge in [-0.3, -0.25) is 9.59 Å². The summed E-state index contributed by atoms with van der Waals surface area (Å²) in [5, 5.41) is 9.69. The molecule has 23 heavy (non-hydrogen) atoms. The molecule has 5 heteroatoms. The molecule has 1 saturated carbocycles. The molecular formula is C18H29NO4. The summed E-state index contributed by atoms with van der Waals surface area (Å²) in [6, 6.07) is 0. The number of hydrogen-bond donors (Lipinski definition) is 1. The Morgan fingerprint density at radius 2 is 2.04 bits per heavy atom. The molecule has 1 unspecified atom stereocenters.